The largest absolute Gasteiger partial charge is 0.0906 e. The third-order valence-electron chi connectivity index (χ3n) is 3.74. The fourth-order valence-corrected chi connectivity index (χ4v) is 2.42. The predicted molar refractivity (Wildman–Crippen MR) is 91.2 cm³/mol. The van der Waals surface area contributed by atoms with Crippen LogP contribution in [0.15, 0.2) is 85.4 Å². The predicted octanol–water partition coefficient (Wildman–Crippen LogP) is 5.72. The van der Waals surface area contributed by atoms with Crippen molar-refractivity contribution in [3.8, 4) is 11.1 Å². The summed E-state index contributed by atoms with van der Waals surface area (Å²) in [5.41, 5.74) is 7.15. The molecule has 0 N–H and O–H groups in total. The molecule has 3 rings (SSSR count). The SMILES string of the molecule is C=C(c1ccc(C)cc1)c1ccc(-c2ccccc2)cc1. The third kappa shape index (κ3) is 2.95. The van der Waals surface area contributed by atoms with Crippen molar-refractivity contribution in [1.82, 2.24) is 0 Å². The Morgan fingerprint density at radius 2 is 1.10 bits per heavy atom. The van der Waals surface area contributed by atoms with Crippen LogP contribution in [0.25, 0.3) is 16.7 Å². The second-order valence-electron chi connectivity index (χ2n) is 5.29. The fourth-order valence-electron chi connectivity index (χ4n) is 2.42. The lowest BCUT2D eigenvalue weighted by molar-refractivity contribution is 1.45. The number of rotatable bonds is 3. The maximum Gasteiger partial charge on any atom is -0.0183 e. The highest BCUT2D eigenvalue weighted by Gasteiger charge is 2.03. The molecule has 0 aliphatic rings. The molecule has 0 aliphatic heterocycles. The molecule has 0 bridgehead atoms. The Kier molecular flexibility index (Phi) is 3.70. The second kappa shape index (κ2) is 5.80. The van der Waals surface area contributed by atoms with Gasteiger partial charge in [-0.15, -0.1) is 0 Å². The quantitative estimate of drug-likeness (QED) is 0.570. The molecule has 0 heteroatoms. The van der Waals surface area contributed by atoms with Gasteiger partial charge in [0.1, 0.15) is 0 Å². The highest BCUT2D eigenvalue weighted by molar-refractivity contribution is 5.79. The first-order valence-corrected chi connectivity index (χ1v) is 7.16. The van der Waals surface area contributed by atoms with Crippen molar-refractivity contribution in [2.75, 3.05) is 0 Å². The van der Waals surface area contributed by atoms with E-state index in [1.807, 2.05) is 6.07 Å². The van der Waals surface area contributed by atoms with Crippen LogP contribution in [0, 0.1) is 6.92 Å². The summed E-state index contributed by atoms with van der Waals surface area (Å²) in [5, 5.41) is 0. The Bertz CT molecular complexity index is 732. The van der Waals surface area contributed by atoms with Crippen LogP contribution < -0.4 is 0 Å². The fraction of sp³-hybridized carbons (Fsp3) is 0.0476. The monoisotopic (exact) mass is 270 g/mol. The molecule has 3 aromatic carbocycles. The highest BCUT2D eigenvalue weighted by atomic mass is 14.1. The average Bonchev–Trinajstić information content (AvgIpc) is 2.56. The molecule has 102 valence electrons. The average molecular weight is 270 g/mol. The molecule has 3 aromatic rings. The summed E-state index contributed by atoms with van der Waals surface area (Å²) in [4.78, 5) is 0. The van der Waals surface area contributed by atoms with Gasteiger partial charge in [-0.1, -0.05) is 91.0 Å². The minimum absolute atomic E-state index is 1.06. The van der Waals surface area contributed by atoms with E-state index in [0.29, 0.717) is 0 Å². The minimum atomic E-state index is 1.06. The number of benzene rings is 3. The first-order chi connectivity index (χ1) is 10.2. The normalized spacial score (nSPS) is 10.3. The topological polar surface area (TPSA) is 0 Å². The highest BCUT2D eigenvalue weighted by Crippen LogP contribution is 2.25. The van der Waals surface area contributed by atoms with Crippen LogP contribution >= 0.6 is 0 Å². The molecule has 0 saturated carbocycles. The summed E-state index contributed by atoms with van der Waals surface area (Å²) in [6, 6.07) is 27.5. The Hall–Kier alpha value is -2.60. The molecule has 0 aromatic heterocycles. The van der Waals surface area contributed by atoms with Gasteiger partial charge in [0.05, 0.1) is 0 Å². The van der Waals surface area contributed by atoms with Crippen LogP contribution in [0.3, 0.4) is 0 Å². The molecule has 21 heavy (non-hydrogen) atoms. The van der Waals surface area contributed by atoms with Gasteiger partial charge in [-0.2, -0.15) is 0 Å². The molecule has 0 radical (unpaired) electrons. The van der Waals surface area contributed by atoms with E-state index in [2.05, 4.69) is 86.3 Å². The standard InChI is InChI=1S/C21H18/c1-16-8-10-18(11-9-16)17(2)19-12-14-21(15-13-19)20-6-4-3-5-7-20/h3-15H,2H2,1H3. The van der Waals surface area contributed by atoms with Crippen LogP contribution in [0.5, 0.6) is 0 Å². The van der Waals surface area contributed by atoms with E-state index in [1.165, 1.54) is 27.8 Å². The van der Waals surface area contributed by atoms with Gasteiger partial charge in [0, 0.05) is 0 Å². The summed E-state index contributed by atoms with van der Waals surface area (Å²) in [5.74, 6) is 0. The lowest BCUT2D eigenvalue weighted by Crippen LogP contribution is -1.87. The molecule has 0 aliphatic carbocycles. The summed E-state index contributed by atoms with van der Waals surface area (Å²) in [6.45, 7) is 6.33. The van der Waals surface area contributed by atoms with Gasteiger partial charge in [0.15, 0.2) is 0 Å². The van der Waals surface area contributed by atoms with Crippen LogP contribution in [-0.2, 0) is 0 Å². The summed E-state index contributed by atoms with van der Waals surface area (Å²) in [7, 11) is 0. The van der Waals surface area contributed by atoms with Gasteiger partial charge in [-0.05, 0) is 34.8 Å². The van der Waals surface area contributed by atoms with Crippen LogP contribution in [0.2, 0.25) is 0 Å². The molecule has 0 spiro atoms. The zero-order valence-electron chi connectivity index (χ0n) is 12.2. The lowest BCUT2D eigenvalue weighted by atomic mass is 9.96. The van der Waals surface area contributed by atoms with E-state index in [4.69, 9.17) is 0 Å². The molecule has 0 unspecified atom stereocenters. The number of aryl methyl sites for hydroxylation is 1. The Labute approximate surface area is 126 Å². The van der Waals surface area contributed by atoms with E-state index in [0.717, 1.165) is 5.57 Å². The van der Waals surface area contributed by atoms with Gasteiger partial charge in [-0.25, -0.2) is 0 Å². The maximum atomic E-state index is 4.23. The van der Waals surface area contributed by atoms with Crippen molar-refractivity contribution in [3.63, 3.8) is 0 Å². The first-order valence-electron chi connectivity index (χ1n) is 7.16. The third-order valence-corrected chi connectivity index (χ3v) is 3.74. The second-order valence-corrected chi connectivity index (χ2v) is 5.29. The number of hydrogen-bond acceptors (Lipinski definition) is 0. The van der Waals surface area contributed by atoms with Gasteiger partial charge in [0.25, 0.3) is 0 Å². The summed E-state index contributed by atoms with van der Waals surface area (Å²) >= 11 is 0. The molecule has 0 amide bonds. The van der Waals surface area contributed by atoms with E-state index in [-0.39, 0.29) is 0 Å². The molecule has 0 nitrogen and oxygen atoms in total. The van der Waals surface area contributed by atoms with Crippen molar-refractivity contribution >= 4 is 5.57 Å². The van der Waals surface area contributed by atoms with Crippen LogP contribution in [-0.4, -0.2) is 0 Å². The van der Waals surface area contributed by atoms with Gasteiger partial charge < -0.3 is 0 Å². The molecular formula is C21H18. The minimum Gasteiger partial charge on any atom is -0.0906 e. The molecule has 0 saturated heterocycles. The van der Waals surface area contributed by atoms with Crippen LogP contribution in [0.4, 0.5) is 0 Å². The van der Waals surface area contributed by atoms with Gasteiger partial charge in [0.2, 0.25) is 0 Å². The Balaban J connectivity index is 1.87. The van der Waals surface area contributed by atoms with Gasteiger partial charge >= 0.3 is 0 Å². The van der Waals surface area contributed by atoms with Crippen LogP contribution in [0.1, 0.15) is 16.7 Å². The first kappa shape index (κ1) is 13.4. The molecule has 0 fully saturated rings. The summed E-state index contributed by atoms with van der Waals surface area (Å²) in [6.07, 6.45) is 0. The van der Waals surface area contributed by atoms with Gasteiger partial charge in [-0.3, -0.25) is 0 Å². The van der Waals surface area contributed by atoms with E-state index < -0.39 is 0 Å². The van der Waals surface area contributed by atoms with Crippen molar-refractivity contribution in [3.05, 3.63) is 102 Å². The van der Waals surface area contributed by atoms with E-state index in [9.17, 15) is 0 Å². The Morgan fingerprint density at radius 1 is 0.619 bits per heavy atom. The zero-order chi connectivity index (χ0) is 14.7. The zero-order valence-corrected chi connectivity index (χ0v) is 12.2. The van der Waals surface area contributed by atoms with Crippen molar-refractivity contribution in [2.24, 2.45) is 0 Å². The smallest absolute Gasteiger partial charge is 0.0183 e. The Morgan fingerprint density at radius 3 is 1.67 bits per heavy atom. The van der Waals surface area contributed by atoms with E-state index >= 15 is 0 Å². The molecule has 0 atom stereocenters. The summed E-state index contributed by atoms with van der Waals surface area (Å²) < 4.78 is 0. The van der Waals surface area contributed by atoms with Crippen molar-refractivity contribution < 1.29 is 0 Å². The molecule has 0 heterocycles. The van der Waals surface area contributed by atoms with Crippen molar-refractivity contribution in [2.45, 2.75) is 6.92 Å². The van der Waals surface area contributed by atoms with E-state index in [1.54, 1.807) is 0 Å². The maximum absolute atomic E-state index is 4.23. The van der Waals surface area contributed by atoms with Crippen molar-refractivity contribution in [1.29, 1.82) is 0 Å². The molecular weight excluding hydrogens is 252 g/mol. The lowest BCUT2D eigenvalue weighted by Gasteiger charge is -2.08. The number of hydrogen-bond donors (Lipinski definition) is 0.